The van der Waals surface area contributed by atoms with Gasteiger partial charge in [-0.05, 0) is 47.9 Å². The lowest BCUT2D eigenvalue weighted by Gasteiger charge is -2.24. The molecule has 2 atom stereocenters. The molecule has 136 valence electrons. The van der Waals surface area contributed by atoms with E-state index in [1.165, 1.54) is 0 Å². The highest BCUT2D eigenvalue weighted by Crippen LogP contribution is 2.42. The van der Waals surface area contributed by atoms with E-state index in [4.69, 9.17) is 0 Å². The number of hydrogen-bond donors (Lipinski definition) is 2. The van der Waals surface area contributed by atoms with Gasteiger partial charge < -0.3 is 10.2 Å². The van der Waals surface area contributed by atoms with Crippen LogP contribution in [0.5, 0.6) is 11.5 Å². The summed E-state index contributed by atoms with van der Waals surface area (Å²) in [5, 5.41) is 21.4. The number of ketones is 2. The fourth-order valence-electron chi connectivity index (χ4n) is 3.56. The number of phenolic OH excluding ortho intramolecular Hbond substituents is 2. The van der Waals surface area contributed by atoms with Crippen LogP contribution in [-0.4, -0.2) is 21.8 Å². The molecule has 0 saturated heterocycles. The Hall–Kier alpha value is -2.62. The highest BCUT2D eigenvalue weighted by Gasteiger charge is 2.36. The molecule has 0 radical (unpaired) electrons. The van der Waals surface area contributed by atoms with Gasteiger partial charge in [-0.2, -0.15) is 0 Å². The van der Waals surface area contributed by atoms with Gasteiger partial charge in [0.25, 0.3) is 0 Å². The first-order valence-electron chi connectivity index (χ1n) is 9.14. The quantitative estimate of drug-likeness (QED) is 0.700. The van der Waals surface area contributed by atoms with Crippen LogP contribution in [0, 0.1) is 0 Å². The standard InChI is InChI=1S/C22H24O4/c1-5-11(3)13-7-9-15-17(20(13)24)22(26)18-16(19(15)23)10-8-14(21(18)25)12(4)6-2/h7-12,24-25H,5-6H2,1-4H3. The summed E-state index contributed by atoms with van der Waals surface area (Å²) in [6.07, 6.45) is 1.60. The van der Waals surface area contributed by atoms with Crippen molar-refractivity contribution in [2.24, 2.45) is 0 Å². The first-order chi connectivity index (χ1) is 12.3. The van der Waals surface area contributed by atoms with Gasteiger partial charge in [-0.1, -0.05) is 39.8 Å². The fourth-order valence-corrected chi connectivity index (χ4v) is 3.56. The molecule has 0 aliphatic heterocycles. The highest BCUT2D eigenvalue weighted by atomic mass is 16.3. The predicted molar refractivity (Wildman–Crippen MR) is 100 cm³/mol. The van der Waals surface area contributed by atoms with Crippen molar-refractivity contribution in [3.63, 3.8) is 0 Å². The summed E-state index contributed by atoms with van der Waals surface area (Å²) < 4.78 is 0. The molecular weight excluding hydrogens is 328 g/mol. The third-order valence-electron chi connectivity index (χ3n) is 5.65. The average Bonchev–Trinajstić information content (AvgIpc) is 2.64. The highest BCUT2D eigenvalue weighted by molar-refractivity contribution is 6.30. The predicted octanol–water partition coefficient (Wildman–Crippen LogP) is 4.90. The number of carbonyl (C=O) groups excluding carboxylic acids is 2. The molecule has 0 saturated carbocycles. The Balaban J connectivity index is 2.26. The van der Waals surface area contributed by atoms with Crippen LogP contribution in [0.25, 0.3) is 0 Å². The van der Waals surface area contributed by atoms with Gasteiger partial charge in [0.05, 0.1) is 11.1 Å². The van der Waals surface area contributed by atoms with Crippen LogP contribution in [0.15, 0.2) is 24.3 Å². The van der Waals surface area contributed by atoms with Gasteiger partial charge in [0.2, 0.25) is 5.78 Å². The molecule has 0 aromatic heterocycles. The van der Waals surface area contributed by atoms with Crippen molar-refractivity contribution >= 4 is 11.6 Å². The van der Waals surface area contributed by atoms with Crippen molar-refractivity contribution in [3.05, 3.63) is 57.6 Å². The summed E-state index contributed by atoms with van der Waals surface area (Å²) in [5.41, 5.74) is 1.71. The lowest BCUT2D eigenvalue weighted by atomic mass is 9.79. The first-order valence-corrected chi connectivity index (χ1v) is 9.14. The van der Waals surface area contributed by atoms with Crippen molar-refractivity contribution in [3.8, 4) is 11.5 Å². The van der Waals surface area contributed by atoms with Crippen LogP contribution < -0.4 is 0 Å². The third kappa shape index (κ3) is 2.52. The maximum absolute atomic E-state index is 13.1. The minimum Gasteiger partial charge on any atom is -0.507 e. The molecule has 1 aliphatic rings. The summed E-state index contributed by atoms with van der Waals surface area (Å²) in [6, 6.07) is 6.65. The molecule has 2 unspecified atom stereocenters. The smallest absolute Gasteiger partial charge is 0.201 e. The molecule has 0 fully saturated rings. The zero-order chi connectivity index (χ0) is 19.2. The summed E-state index contributed by atoms with van der Waals surface area (Å²) in [7, 11) is 0. The Morgan fingerprint density at radius 1 is 0.731 bits per heavy atom. The zero-order valence-electron chi connectivity index (χ0n) is 15.6. The van der Waals surface area contributed by atoms with Crippen molar-refractivity contribution in [2.45, 2.75) is 52.4 Å². The molecule has 2 aromatic rings. The maximum atomic E-state index is 13.1. The maximum Gasteiger partial charge on any atom is 0.201 e. The van der Waals surface area contributed by atoms with Gasteiger partial charge in [-0.25, -0.2) is 0 Å². The molecule has 2 aromatic carbocycles. The molecule has 1 aliphatic carbocycles. The van der Waals surface area contributed by atoms with Gasteiger partial charge in [0, 0.05) is 11.1 Å². The minimum absolute atomic E-state index is 0.0110. The molecule has 3 rings (SSSR count). The average molecular weight is 352 g/mol. The van der Waals surface area contributed by atoms with Crippen LogP contribution in [0.2, 0.25) is 0 Å². The van der Waals surface area contributed by atoms with E-state index in [0.717, 1.165) is 12.8 Å². The number of benzene rings is 2. The number of rotatable bonds is 4. The van der Waals surface area contributed by atoms with E-state index in [1.807, 2.05) is 27.7 Å². The van der Waals surface area contributed by atoms with E-state index in [9.17, 15) is 19.8 Å². The van der Waals surface area contributed by atoms with E-state index in [2.05, 4.69) is 0 Å². The molecule has 2 N–H and O–H groups in total. The van der Waals surface area contributed by atoms with E-state index in [1.54, 1.807) is 24.3 Å². The van der Waals surface area contributed by atoms with Crippen LogP contribution >= 0.6 is 0 Å². The van der Waals surface area contributed by atoms with Crippen molar-refractivity contribution < 1.29 is 19.8 Å². The Labute approximate surface area is 153 Å². The Kier molecular flexibility index (Phi) is 4.61. The molecule has 0 bridgehead atoms. The van der Waals surface area contributed by atoms with E-state index in [-0.39, 0.29) is 51.4 Å². The van der Waals surface area contributed by atoms with E-state index >= 15 is 0 Å². The van der Waals surface area contributed by atoms with Crippen LogP contribution in [0.3, 0.4) is 0 Å². The van der Waals surface area contributed by atoms with Crippen LogP contribution in [-0.2, 0) is 0 Å². The molecule has 4 heteroatoms. The summed E-state index contributed by atoms with van der Waals surface area (Å²) >= 11 is 0. The summed E-state index contributed by atoms with van der Waals surface area (Å²) in [5.74, 6) is -0.996. The summed E-state index contributed by atoms with van der Waals surface area (Å²) in [4.78, 5) is 26.0. The number of phenols is 2. The molecular formula is C22H24O4. The zero-order valence-corrected chi connectivity index (χ0v) is 15.6. The fraction of sp³-hybridized carbons (Fsp3) is 0.364. The van der Waals surface area contributed by atoms with Gasteiger partial charge >= 0.3 is 0 Å². The topological polar surface area (TPSA) is 74.6 Å². The van der Waals surface area contributed by atoms with Crippen molar-refractivity contribution in [2.75, 3.05) is 0 Å². The SMILES string of the molecule is CCC(C)c1ccc2c(c1O)C(=O)c1c(ccc(C(C)CC)c1O)C2=O. The van der Waals surface area contributed by atoms with Gasteiger partial charge in [-0.15, -0.1) is 0 Å². The van der Waals surface area contributed by atoms with E-state index in [0.29, 0.717) is 11.1 Å². The second kappa shape index (κ2) is 6.60. The van der Waals surface area contributed by atoms with Gasteiger partial charge in [-0.3, -0.25) is 9.59 Å². The second-order valence-corrected chi connectivity index (χ2v) is 7.13. The largest absolute Gasteiger partial charge is 0.507 e. The number of aromatic hydroxyl groups is 2. The lowest BCUT2D eigenvalue weighted by molar-refractivity contribution is 0.0974. The second-order valence-electron chi connectivity index (χ2n) is 7.13. The van der Waals surface area contributed by atoms with Crippen molar-refractivity contribution in [1.82, 2.24) is 0 Å². The number of hydrogen-bond acceptors (Lipinski definition) is 4. The van der Waals surface area contributed by atoms with Crippen LogP contribution in [0.1, 0.15) is 95.3 Å². The van der Waals surface area contributed by atoms with Crippen molar-refractivity contribution in [1.29, 1.82) is 0 Å². The molecule has 4 nitrogen and oxygen atoms in total. The molecule has 0 spiro atoms. The normalized spacial score (nSPS) is 15.4. The lowest BCUT2D eigenvalue weighted by Crippen LogP contribution is -2.22. The van der Waals surface area contributed by atoms with Crippen LogP contribution in [0.4, 0.5) is 0 Å². The Morgan fingerprint density at radius 2 is 1.12 bits per heavy atom. The number of fused-ring (bicyclic) bond motifs is 2. The molecule has 0 amide bonds. The van der Waals surface area contributed by atoms with Gasteiger partial charge in [0.15, 0.2) is 5.78 Å². The number of carbonyl (C=O) groups is 2. The van der Waals surface area contributed by atoms with Gasteiger partial charge in [0.1, 0.15) is 11.5 Å². The monoisotopic (exact) mass is 352 g/mol. The third-order valence-corrected chi connectivity index (χ3v) is 5.65. The molecule has 26 heavy (non-hydrogen) atoms. The molecule has 0 heterocycles. The Bertz CT molecular complexity index is 839. The Morgan fingerprint density at radius 3 is 1.46 bits per heavy atom. The first kappa shape index (κ1) is 18.2. The van der Waals surface area contributed by atoms with E-state index < -0.39 is 5.78 Å². The minimum atomic E-state index is -0.486. The summed E-state index contributed by atoms with van der Waals surface area (Å²) in [6.45, 7) is 7.91.